The third kappa shape index (κ3) is 4.52. The maximum atomic E-state index is 6.00. The summed E-state index contributed by atoms with van der Waals surface area (Å²) in [6.07, 6.45) is 0.810. The zero-order valence-corrected chi connectivity index (χ0v) is 11.5. The molecule has 1 rings (SSSR count). The normalized spacial score (nSPS) is 13.4. The number of hydrogen-bond donors (Lipinski definition) is 3. The van der Waals surface area contributed by atoms with Crippen LogP contribution in [-0.2, 0) is 0 Å². The van der Waals surface area contributed by atoms with E-state index in [-0.39, 0.29) is 6.04 Å². The zero-order chi connectivity index (χ0) is 13.5. The summed E-state index contributed by atoms with van der Waals surface area (Å²) in [5.41, 5.74) is 6.57. The van der Waals surface area contributed by atoms with E-state index in [9.17, 15) is 0 Å². The Balaban J connectivity index is 2.93. The summed E-state index contributed by atoms with van der Waals surface area (Å²) in [4.78, 5) is 0. The van der Waals surface area contributed by atoms with Gasteiger partial charge in [-0.3, -0.25) is 0 Å². The van der Waals surface area contributed by atoms with Crippen LogP contribution in [0, 0.1) is 0 Å². The van der Waals surface area contributed by atoms with Crippen LogP contribution in [0.2, 0.25) is 5.02 Å². The van der Waals surface area contributed by atoms with Gasteiger partial charge in [0.15, 0.2) is 0 Å². The fraction of sp³-hybridized carbons (Fsp3) is 0.417. The predicted molar refractivity (Wildman–Crippen MR) is 76.1 cm³/mol. The minimum atomic E-state index is -0.0605. The molecule has 0 aromatic heterocycles. The van der Waals surface area contributed by atoms with Crippen molar-refractivity contribution in [1.29, 1.82) is 0 Å². The molecule has 5 N–H and O–H groups in total. The number of halogens is 1. The first-order chi connectivity index (χ1) is 8.54. The van der Waals surface area contributed by atoms with Crippen molar-refractivity contribution in [3.8, 4) is 0 Å². The van der Waals surface area contributed by atoms with E-state index >= 15 is 0 Å². The fourth-order valence-corrected chi connectivity index (χ4v) is 1.90. The molecule has 100 valence electrons. The van der Waals surface area contributed by atoms with Gasteiger partial charge in [-0.15, -0.1) is 5.10 Å². The van der Waals surface area contributed by atoms with Crippen molar-refractivity contribution >= 4 is 17.4 Å². The molecule has 1 aromatic carbocycles. The summed E-state index contributed by atoms with van der Waals surface area (Å²) in [5, 5.41) is 9.24. The maximum absolute atomic E-state index is 6.00. The van der Waals surface area contributed by atoms with Crippen LogP contribution in [0.25, 0.3) is 0 Å². The molecule has 0 saturated heterocycles. The standard InChI is InChI=1S/C12H20ClN5/c1-9(14)17-18(15)12(6-7-16-2)10-4-3-5-11(13)8-10/h3-5,8,12,16H,6-7,15H2,1-2H3,(H2,14,17). The van der Waals surface area contributed by atoms with Gasteiger partial charge in [-0.2, -0.15) is 0 Å². The quantitative estimate of drug-likeness (QED) is 0.316. The Morgan fingerprint density at radius 2 is 2.28 bits per heavy atom. The fourth-order valence-electron chi connectivity index (χ4n) is 1.70. The molecule has 1 unspecified atom stereocenters. The van der Waals surface area contributed by atoms with E-state index in [1.165, 1.54) is 5.12 Å². The summed E-state index contributed by atoms with van der Waals surface area (Å²) in [7, 11) is 1.90. The second-order valence-corrected chi connectivity index (χ2v) is 4.52. The summed E-state index contributed by atoms with van der Waals surface area (Å²) in [6.45, 7) is 2.52. The van der Waals surface area contributed by atoms with Crippen LogP contribution in [0.4, 0.5) is 0 Å². The van der Waals surface area contributed by atoms with E-state index < -0.39 is 0 Å². The molecule has 0 radical (unpaired) electrons. The average molecular weight is 270 g/mol. The van der Waals surface area contributed by atoms with Crippen molar-refractivity contribution in [2.24, 2.45) is 16.7 Å². The van der Waals surface area contributed by atoms with Gasteiger partial charge in [-0.1, -0.05) is 23.7 Å². The summed E-state index contributed by atoms with van der Waals surface area (Å²) < 4.78 is 0. The molecule has 0 aliphatic rings. The van der Waals surface area contributed by atoms with E-state index in [0.717, 1.165) is 18.5 Å². The van der Waals surface area contributed by atoms with Crippen molar-refractivity contribution in [1.82, 2.24) is 10.4 Å². The van der Waals surface area contributed by atoms with Crippen LogP contribution < -0.4 is 16.9 Å². The van der Waals surface area contributed by atoms with Crippen LogP contribution in [-0.4, -0.2) is 24.5 Å². The molecule has 0 amide bonds. The third-order valence-electron chi connectivity index (χ3n) is 2.49. The Bertz CT molecular complexity index is 403. The Hall–Kier alpha value is -1.30. The van der Waals surface area contributed by atoms with E-state index in [0.29, 0.717) is 10.9 Å². The van der Waals surface area contributed by atoms with Gasteiger partial charge in [0.05, 0.1) is 6.04 Å². The Morgan fingerprint density at radius 1 is 1.56 bits per heavy atom. The lowest BCUT2D eigenvalue weighted by Gasteiger charge is -2.25. The molecule has 1 atom stereocenters. The van der Waals surface area contributed by atoms with Crippen molar-refractivity contribution in [3.05, 3.63) is 34.9 Å². The van der Waals surface area contributed by atoms with Gasteiger partial charge in [-0.25, -0.2) is 11.0 Å². The highest BCUT2D eigenvalue weighted by Gasteiger charge is 2.16. The van der Waals surface area contributed by atoms with Crippen LogP contribution in [0.5, 0.6) is 0 Å². The summed E-state index contributed by atoms with van der Waals surface area (Å²) in [5.74, 6) is 6.36. The lowest BCUT2D eigenvalue weighted by molar-refractivity contribution is 0.200. The number of nitrogens with two attached hydrogens (primary N) is 2. The van der Waals surface area contributed by atoms with Crippen LogP contribution in [0.1, 0.15) is 24.9 Å². The van der Waals surface area contributed by atoms with Crippen molar-refractivity contribution in [3.63, 3.8) is 0 Å². The molecule has 5 nitrogen and oxygen atoms in total. The summed E-state index contributed by atoms with van der Waals surface area (Å²) >= 11 is 6.00. The number of hydrogen-bond acceptors (Lipinski definition) is 4. The van der Waals surface area contributed by atoms with E-state index in [4.69, 9.17) is 23.2 Å². The van der Waals surface area contributed by atoms with Crippen molar-refractivity contribution in [2.45, 2.75) is 19.4 Å². The Kier molecular flexibility index (Phi) is 5.91. The predicted octanol–water partition coefficient (Wildman–Crippen LogP) is 1.46. The van der Waals surface area contributed by atoms with Gasteiger partial charge in [0, 0.05) is 5.02 Å². The Labute approximate surface area is 113 Å². The Morgan fingerprint density at radius 3 is 2.83 bits per heavy atom. The number of amidine groups is 1. The second kappa shape index (κ2) is 7.20. The molecule has 1 aromatic rings. The molecule has 0 bridgehead atoms. The second-order valence-electron chi connectivity index (χ2n) is 4.08. The van der Waals surface area contributed by atoms with Crippen molar-refractivity contribution < 1.29 is 0 Å². The molecular weight excluding hydrogens is 250 g/mol. The highest BCUT2D eigenvalue weighted by atomic mass is 35.5. The number of hydrazone groups is 1. The van der Waals surface area contributed by atoms with Crippen LogP contribution in [0.3, 0.4) is 0 Å². The molecule has 0 saturated carbocycles. The van der Waals surface area contributed by atoms with Crippen LogP contribution in [0.15, 0.2) is 29.4 Å². The highest BCUT2D eigenvalue weighted by molar-refractivity contribution is 6.30. The zero-order valence-electron chi connectivity index (χ0n) is 10.7. The SMILES string of the molecule is CNCCC(c1cccc(Cl)c1)N(N)/N=C(/C)N. The van der Waals surface area contributed by atoms with E-state index in [2.05, 4.69) is 10.4 Å². The topological polar surface area (TPSA) is 79.7 Å². The van der Waals surface area contributed by atoms with Crippen LogP contribution >= 0.6 is 11.6 Å². The number of nitrogens with zero attached hydrogens (tertiary/aromatic N) is 2. The molecule has 0 aliphatic heterocycles. The average Bonchev–Trinajstić information content (AvgIpc) is 2.28. The lowest BCUT2D eigenvalue weighted by Crippen LogP contribution is -2.34. The minimum absolute atomic E-state index is 0.0605. The number of rotatable bonds is 6. The lowest BCUT2D eigenvalue weighted by atomic mass is 10.0. The highest BCUT2D eigenvalue weighted by Crippen LogP contribution is 2.24. The first-order valence-electron chi connectivity index (χ1n) is 5.79. The third-order valence-corrected chi connectivity index (χ3v) is 2.73. The van der Waals surface area contributed by atoms with Crippen molar-refractivity contribution in [2.75, 3.05) is 13.6 Å². The number of hydrazine groups is 1. The molecule has 0 spiro atoms. The molecule has 0 heterocycles. The molecule has 0 aliphatic carbocycles. The first-order valence-corrected chi connectivity index (χ1v) is 6.17. The number of benzene rings is 1. The van der Waals surface area contributed by atoms with E-state index in [1.807, 2.05) is 31.3 Å². The largest absolute Gasteiger partial charge is 0.386 e. The maximum Gasteiger partial charge on any atom is 0.118 e. The number of nitrogens with one attached hydrogen (secondary N) is 1. The van der Waals surface area contributed by atoms with Gasteiger partial charge in [0.25, 0.3) is 0 Å². The smallest absolute Gasteiger partial charge is 0.118 e. The van der Waals surface area contributed by atoms with Gasteiger partial charge in [-0.05, 0) is 44.6 Å². The van der Waals surface area contributed by atoms with Gasteiger partial charge < -0.3 is 11.1 Å². The molecule has 0 fully saturated rings. The molecular formula is C12H20ClN5. The first kappa shape index (κ1) is 14.8. The minimum Gasteiger partial charge on any atom is -0.386 e. The molecule has 18 heavy (non-hydrogen) atoms. The van der Waals surface area contributed by atoms with Gasteiger partial charge >= 0.3 is 0 Å². The monoisotopic (exact) mass is 269 g/mol. The van der Waals surface area contributed by atoms with Gasteiger partial charge in [0.2, 0.25) is 0 Å². The summed E-state index contributed by atoms with van der Waals surface area (Å²) in [6, 6.07) is 7.54. The van der Waals surface area contributed by atoms with Gasteiger partial charge in [0.1, 0.15) is 5.84 Å². The molecule has 6 heteroatoms. The van der Waals surface area contributed by atoms with E-state index in [1.54, 1.807) is 6.92 Å².